The highest BCUT2D eigenvalue weighted by molar-refractivity contribution is 5.35. The van der Waals surface area contributed by atoms with E-state index in [2.05, 4.69) is 28.3 Å². The zero-order chi connectivity index (χ0) is 14.4. The molecule has 2 rings (SSSR count). The Balaban J connectivity index is 2.22. The van der Waals surface area contributed by atoms with E-state index < -0.39 is 0 Å². The zero-order valence-electron chi connectivity index (χ0n) is 12.3. The van der Waals surface area contributed by atoms with E-state index in [-0.39, 0.29) is 0 Å². The lowest BCUT2D eigenvalue weighted by molar-refractivity contribution is 0.410. The molecule has 1 aromatic heterocycles. The molecule has 0 atom stereocenters. The number of aryl methyl sites for hydroxylation is 1. The number of ether oxygens (including phenoxy) is 1. The van der Waals surface area contributed by atoms with E-state index in [0.717, 1.165) is 41.6 Å². The molecule has 0 amide bonds. The predicted molar refractivity (Wildman–Crippen MR) is 79.9 cm³/mol. The van der Waals surface area contributed by atoms with Gasteiger partial charge in [-0.2, -0.15) is 0 Å². The van der Waals surface area contributed by atoms with E-state index in [9.17, 15) is 0 Å². The maximum atomic E-state index is 5.38. The Labute approximate surface area is 120 Å². The lowest BCUT2D eigenvalue weighted by Crippen LogP contribution is -2.14. The molecular weight excluding hydrogens is 250 g/mol. The van der Waals surface area contributed by atoms with Gasteiger partial charge in [0.2, 0.25) is 0 Å². The van der Waals surface area contributed by atoms with Crippen LogP contribution in [-0.2, 0) is 13.0 Å². The number of benzene rings is 1. The van der Waals surface area contributed by atoms with E-state index in [1.54, 1.807) is 7.11 Å². The third-order valence-electron chi connectivity index (χ3n) is 3.05. The molecule has 0 radical (unpaired) electrons. The maximum Gasteiger partial charge on any atom is 0.133 e. The molecule has 0 aliphatic carbocycles. The molecule has 0 fully saturated rings. The Hall–Kier alpha value is -1.94. The van der Waals surface area contributed by atoms with Gasteiger partial charge in [-0.25, -0.2) is 9.97 Å². The summed E-state index contributed by atoms with van der Waals surface area (Å²) in [5, 5.41) is 3.29. The van der Waals surface area contributed by atoms with Crippen LogP contribution in [0.1, 0.15) is 29.7 Å². The summed E-state index contributed by atoms with van der Waals surface area (Å²) in [6.07, 6.45) is 0.685. The summed E-state index contributed by atoms with van der Waals surface area (Å²) in [5.41, 5.74) is 3.14. The summed E-state index contributed by atoms with van der Waals surface area (Å²) in [6, 6.07) is 10.0. The average molecular weight is 271 g/mol. The van der Waals surface area contributed by atoms with Crippen molar-refractivity contribution in [3.8, 4) is 5.75 Å². The number of nitrogens with zero attached hydrogens (tertiary/aromatic N) is 2. The number of hydrogen-bond donors (Lipinski definition) is 1. The van der Waals surface area contributed by atoms with Crippen LogP contribution in [-0.4, -0.2) is 23.6 Å². The second-order valence-corrected chi connectivity index (χ2v) is 4.69. The van der Waals surface area contributed by atoms with Crippen molar-refractivity contribution in [3.05, 3.63) is 53.1 Å². The van der Waals surface area contributed by atoms with Gasteiger partial charge in [-0.1, -0.05) is 25.1 Å². The fraction of sp³-hybridized carbons (Fsp3) is 0.375. The highest BCUT2D eigenvalue weighted by atomic mass is 16.5. The van der Waals surface area contributed by atoms with Crippen molar-refractivity contribution in [1.29, 1.82) is 0 Å². The van der Waals surface area contributed by atoms with Crippen LogP contribution in [0.25, 0.3) is 0 Å². The van der Waals surface area contributed by atoms with Crippen molar-refractivity contribution >= 4 is 0 Å². The number of rotatable bonds is 6. The molecule has 20 heavy (non-hydrogen) atoms. The van der Waals surface area contributed by atoms with Gasteiger partial charge in [-0.15, -0.1) is 0 Å². The molecule has 106 valence electrons. The first kappa shape index (κ1) is 14.5. The largest absolute Gasteiger partial charge is 0.496 e. The van der Waals surface area contributed by atoms with Crippen molar-refractivity contribution in [2.75, 3.05) is 13.7 Å². The SMILES string of the molecule is CCNCc1cc(C)nc(Cc2ccccc2OC)n1. The molecule has 4 heteroatoms. The van der Waals surface area contributed by atoms with E-state index in [1.165, 1.54) is 0 Å². The Morgan fingerprint density at radius 1 is 1.20 bits per heavy atom. The third kappa shape index (κ3) is 3.78. The Morgan fingerprint density at radius 2 is 2.00 bits per heavy atom. The van der Waals surface area contributed by atoms with Gasteiger partial charge in [0, 0.05) is 24.2 Å². The third-order valence-corrected chi connectivity index (χ3v) is 3.05. The molecule has 4 nitrogen and oxygen atoms in total. The molecule has 2 aromatic rings. The minimum Gasteiger partial charge on any atom is -0.496 e. The Bertz CT molecular complexity index is 569. The number of nitrogens with one attached hydrogen (secondary N) is 1. The van der Waals surface area contributed by atoms with Crippen molar-refractivity contribution in [2.24, 2.45) is 0 Å². The van der Waals surface area contributed by atoms with Gasteiger partial charge in [-0.3, -0.25) is 0 Å². The minimum absolute atomic E-state index is 0.685. The van der Waals surface area contributed by atoms with E-state index in [0.29, 0.717) is 6.42 Å². The standard InChI is InChI=1S/C16H21N3O/c1-4-17-11-14-9-12(2)18-16(19-14)10-13-7-5-6-8-15(13)20-3/h5-9,17H,4,10-11H2,1-3H3. The van der Waals surface area contributed by atoms with Crippen molar-refractivity contribution in [1.82, 2.24) is 15.3 Å². The van der Waals surface area contributed by atoms with Gasteiger partial charge >= 0.3 is 0 Å². The van der Waals surface area contributed by atoms with E-state index in [1.807, 2.05) is 31.2 Å². The van der Waals surface area contributed by atoms with Gasteiger partial charge in [0.05, 0.1) is 12.8 Å². The fourth-order valence-electron chi connectivity index (χ4n) is 2.14. The normalized spacial score (nSPS) is 10.6. The van der Waals surface area contributed by atoms with E-state index >= 15 is 0 Å². The summed E-state index contributed by atoms with van der Waals surface area (Å²) in [6.45, 7) is 5.80. The molecule has 0 saturated carbocycles. The lowest BCUT2D eigenvalue weighted by Gasteiger charge is -2.09. The number of methoxy groups -OCH3 is 1. The molecule has 0 aliphatic rings. The van der Waals surface area contributed by atoms with Gasteiger partial charge in [0.25, 0.3) is 0 Å². The smallest absolute Gasteiger partial charge is 0.133 e. The molecule has 1 aromatic carbocycles. The van der Waals surface area contributed by atoms with Crippen LogP contribution in [0.4, 0.5) is 0 Å². The first-order valence-electron chi connectivity index (χ1n) is 6.89. The number of aromatic nitrogens is 2. The van der Waals surface area contributed by atoms with Gasteiger partial charge < -0.3 is 10.1 Å². The van der Waals surface area contributed by atoms with Crippen molar-refractivity contribution in [2.45, 2.75) is 26.8 Å². The molecule has 0 unspecified atom stereocenters. The van der Waals surface area contributed by atoms with Crippen molar-refractivity contribution in [3.63, 3.8) is 0 Å². The topological polar surface area (TPSA) is 47.0 Å². The zero-order valence-corrected chi connectivity index (χ0v) is 12.3. The second-order valence-electron chi connectivity index (χ2n) is 4.69. The van der Waals surface area contributed by atoms with Crippen LogP contribution >= 0.6 is 0 Å². The molecule has 0 saturated heterocycles. The quantitative estimate of drug-likeness (QED) is 0.877. The van der Waals surface area contributed by atoms with Gasteiger partial charge in [0.15, 0.2) is 0 Å². The lowest BCUT2D eigenvalue weighted by atomic mass is 10.1. The molecule has 0 spiro atoms. The predicted octanol–water partition coefficient (Wildman–Crippen LogP) is 2.49. The first-order valence-corrected chi connectivity index (χ1v) is 6.89. The Morgan fingerprint density at radius 3 is 2.75 bits per heavy atom. The summed E-state index contributed by atoms with van der Waals surface area (Å²) in [5.74, 6) is 1.72. The van der Waals surface area contributed by atoms with Crippen LogP contribution in [0.2, 0.25) is 0 Å². The second kappa shape index (κ2) is 7.01. The highest BCUT2D eigenvalue weighted by Crippen LogP contribution is 2.19. The summed E-state index contributed by atoms with van der Waals surface area (Å²) in [4.78, 5) is 9.13. The monoisotopic (exact) mass is 271 g/mol. The molecular formula is C16H21N3O. The molecule has 0 aliphatic heterocycles. The van der Waals surface area contributed by atoms with Crippen LogP contribution in [0.5, 0.6) is 5.75 Å². The van der Waals surface area contributed by atoms with Gasteiger partial charge in [-0.05, 0) is 25.6 Å². The van der Waals surface area contributed by atoms with Crippen LogP contribution in [0, 0.1) is 6.92 Å². The van der Waals surface area contributed by atoms with E-state index in [4.69, 9.17) is 4.74 Å². The summed E-state index contributed by atoms with van der Waals surface area (Å²) >= 11 is 0. The summed E-state index contributed by atoms with van der Waals surface area (Å²) in [7, 11) is 1.69. The van der Waals surface area contributed by atoms with Crippen LogP contribution in [0.15, 0.2) is 30.3 Å². The summed E-state index contributed by atoms with van der Waals surface area (Å²) < 4.78 is 5.38. The molecule has 0 bridgehead atoms. The van der Waals surface area contributed by atoms with Crippen molar-refractivity contribution < 1.29 is 4.74 Å². The fourth-order valence-corrected chi connectivity index (χ4v) is 2.14. The van der Waals surface area contributed by atoms with Crippen LogP contribution < -0.4 is 10.1 Å². The first-order chi connectivity index (χ1) is 9.72. The minimum atomic E-state index is 0.685. The highest BCUT2D eigenvalue weighted by Gasteiger charge is 2.07. The maximum absolute atomic E-state index is 5.38. The van der Waals surface area contributed by atoms with Crippen LogP contribution in [0.3, 0.4) is 0 Å². The number of para-hydroxylation sites is 1. The molecule has 1 N–H and O–H groups in total. The van der Waals surface area contributed by atoms with Gasteiger partial charge in [0.1, 0.15) is 11.6 Å². The molecule has 1 heterocycles. The average Bonchev–Trinajstić information content (AvgIpc) is 2.45. The number of hydrogen-bond acceptors (Lipinski definition) is 4. The Kier molecular flexibility index (Phi) is 5.07.